The number of nitrogens with one attached hydrogen (secondary N) is 2. The van der Waals surface area contributed by atoms with Gasteiger partial charge in [0.2, 0.25) is 5.95 Å². The summed E-state index contributed by atoms with van der Waals surface area (Å²) in [5.74, 6) is -1.53. The van der Waals surface area contributed by atoms with Gasteiger partial charge in [-0.25, -0.2) is 14.5 Å². The van der Waals surface area contributed by atoms with Crippen LogP contribution in [0.25, 0.3) is 5.65 Å². The summed E-state index contributed by atoms with van der Waals surface area (Å²) in [6.07, 6.45) is 4.27. The summed E-state index contributed by atoms with van der Waals surface area (Å²) >= 11 is 0. The fourth-order valence-corrected chi connectivity index (χ4v) is 4.66. The van der Waals surface area contributed by atoms with Gasteiger partial charge >= 0.3 is 0 Å². The smallest absolute Gasteiger partial charge is 0.270 e. The van der Waals surface area contributed by atoms with Crippen LogP contribution in [0.15, 0.2) is 48.8 Å². The Bertz CT molecular complexity index is 1530. The van der Waals surface area contributed by atoms with Crippen LogP contribution < -0.4 is 10.6 Å². The summed E-state index contributed by atoms with van der Waals surface area (Å²) in [4.78, 5) is 45.8. The number of fused-ring (bicyclic) bond motifs is 2. The molecule has 0 fully saturated rings. The molecule has 0 bridgehead atoms. The molecule has 10 heteroatoms. The molecular formula is C26H23FN6O3. The van der Waals surface area contributed by atoms with Crippen molar-refractivity contribution in [3.63, 3.8) is 0 Å². The first-order chi connectivity index (χ1) is 17.3. The third kappa shape index (κ3) is 4.33. The van der Waals surface area contributed by atoms with Crippen molar-refractivity contribution in [3.8, 4) is 0 Å². The molecule has 0 radical (unpaired) electrons. The quantitative estimate of drug-likeness (QED) is 0.319. The predicted molar refractivity (Wildman–Crippen MR) is 128 cm³/mol. The molecule has 0 saturated carbocycles. The fourth-order valence-electron chi connectivity index (χ4n) is 4.66. The van der Waals surface area contributed by atoms with Crippen molar-refractivity contribution in [2.45, 2.75) is 39.3 Å². The van der Waals surface area contributed by atoms with Gasteiger partial charge in [0.25, 0.3) is 11.8 Å². The van der Waals surface area contributed by atoms with Crippen molar-refractivity contribution in [2.75, 3.05) is 0 Å². The van der Waals surface area contributed by atoms with Crippen LogP contribution in [0.5, 0.6) is 0 Å². The van der Waals surface area contributed by atoms with Gasteiger partial charge in [-0.3, -0.25) is 14.4 Å². The van der Waals surface area contributed by atoms with Gasteiger partial charge in [-0.2, -0.15) is 9.49 Å². The zero-order valence-corrected chi connectivity index (χ0v) is 19.7. The monoisotopic (exact) mass is 486 g/mol. The molecule has 5 rings (SSSR count). The SMILES string of the molecule is CC(=O)c1ccc2c(c1C)CC[C@@H]2NC(=O)c1cc(C(=O)NCc2ccnc(F)c2)nc2ccnn12. The number of aromatic nitrogens is 4. The molecule has 2 N–H and O–H groups in total. The summed E-state index contributed by atoms with van der Waals surface area (Å²) in [5.41, 5.74) is 4.80. The van der Waals surface area contributed by atoms with E-state index >= 15 is 0 Å². The van der Waals surface area contributed by atoms with E-state index < -0.39 is 17.8 Å². The van der Waals surface area contributed by atoms with Crippen LogP contribution in [0.2, 0.25) is 0 Å². The van der Waals surface area contributed by atoms with Gasteiger partial charge in [-0.1, -0.05) is 12.1 Å². The van der Waals surface area contributed by atoms with Crippen molar-refractivity contribution in [1.82, 2.24) is 30.2 Å². The van der Waals surface area contributed by atoms with Crippen LogP contribution in [0, 0.1) is 12.9 Å². The molecule has 2 amide bonds. The highest BCUT2D eigenvalue weighted by molar-refractivity contribution is 5.98. The second kappa shape index (κ2) is 9.29. The standard InChI is InChI=1S/C26H23FN6O3/c1-14-17(15(2)34)3-4-19-18(14)5-6-20(19)32-26(36)22-12-21(31-24-8-10-30-33(22)24)25(35)29-13-16-7-9-28-23(27)11-16/h3-4,7-12,20H,5-6,13H2,1-2H3,(H,29,35)(H,32,36)/t20-/m0/s1. The van der Waals surface area contributed by atoms with Gasteiger partial charge in [0.15, 0.2) is 11.4 Å². The number of hydrogen-bond donors (Lipinski definition) is 2. The van der Waals surface area contributed by atoms with Crippen molar-refractivity contribution < 1.29 is 18.8 Å². The number of ketones is 1. The van der Waals surface area contributed by atoms with Gasteiger partial charge in [0, 0.05) is 30.4 Å². The Labute approximate surface area is 205 Å². The minimum absolute atomic E-state index is 0.0144. The number of amides is 2. The number of hydrogen-bond acceptors (Lipinski definition) is 6. The van der Waals surface area contributed by atoms with Crippen molar-refractivity contribution in [3.05, 3.63) is 93.9 Å². The van der Waals surface area contributed by atoms with E-state index in [4.69, 9.17) is 0 Å². The highest BCUT2D eigenvalue weighted by Gasteiger charge is 2.28. The number of carbonyl (C=O) groups excluding carboxylic acids is 3. The molecule has 36 heavy (non-hydrogen) atoms. The average molecular weight is 487 g/mol. The molecule has 0 spiro atoms. The van der Waals surface area contributed by atoms with Crippen LogP contribution in [-0.4, -0.2) is 37.2 Å². The maximum absolute atomic E-state index is 13.3. The maximum Gasteiger partial charge on any atom is 0.270 e. The molecule has 182 valence electrons. The third-order valence-electron chi connectivity index (χ3n) is 6.45. The number of nitrogens with zero attached hydrogens (tertiary/aromatic N) is 4. The lowest BCUT2D eigenvalue weighted by Crippen LogP contribution is -2.30. The summed E-state index contributed by atoms with van der Waals surface area (Å²) in [6.45, 7) is 3.55. The molecule has 9 nitrogen and oxygen atoms in total. The molecule has 1 aromatic carbocycles. The highest BCUT2D eigenvalue weighted by atomic mass is 19.1. The Morgan fingerprint density at radius 2 is 1.94 bits per heavy atom. The van der Waals surface area contributed by atoms with E-state index in [2.05, 4.69) is 25.7 Å². The molecule has 3 heterocycles. The summed E-state index contributed by atoms with van der Waals surface area (Å²) in [7, 11) is 0. The second-order valence-corrected chi connectivity index (χ2v) is 8.72. The highest BCUT2D eigenvalue weighted by Crippen LogP contribution is 2.35. The van der Waals surface area contributed by atoms with Crippen molar-refractivity contribution >= 4 is 23.2 Å². The Kier molecular flexibility index (Phi) is 6.01. The van der Waals surface area contributed by atoms with E-state index in [0.29, 0.717) is 23.2 Å². The number of carbonyl (C=O) groups is 3. The number of benzene rings is 1. The minimum atomic E-state index is -0.638. The number of halogens is 1. The molecule has 0 aliphatic heterocycles. The first-order valence-electron chi connectivity index (χ1n) is 11.5. The van der Waals surface area contributed by atoms with Crippen LogP contribution in [0.3, 0.4) is 0 Å². The van der Waals surface area contributed by atoms with Gasteiger partial charge in [0.1, 0.15) is 11.4 Å². The largest absolute Gasteiger partial charge is 0.347 e. The van der Waals surface area contributed by atoms with Crippen LogP contribution >= 0.6 is 0 Å². The Balaban J connectivity index is 1.38. The molecule has 4 aromatic rings. The van der Waals surface area contributed by atoms with E-state index in [1.807, 2.05) is 13.0 Å². The van der Waals surface area contributed by atoms with Gasteiger partial charge in [-0.15, -0.1) is 0 Å². The van der Waals surface area contributed by atoms with Crippen molar-refractivity contribution in [1.29, 1.82) is 0 Å². The van der Waals surface area contributed by atoms with E-state index in [9.17, 15) is 18.8 Å². The van der Waals surface area contributed by atoms with Gasteiger partial charge < -0.3 is 10.6 Å². The summed E-state index contributed by atoms with van der Waals surface area (Å²) in [6, 6.07) is 9.28. The Morgan fingerprint density at radius 3 is 2.72 bits per heavy atom. The van der Waals surface area contributed by atoms with Gasteiger partial charge in [0.05, 0.1) is 12.2 Å². The number of Topliss-reactive ketones (excluding diaryl/α,β-unsaturated/α-hetero) is 1. The molecular weight excluding hydrogens is 463 g/mol. The third-order valence-corrected chi connectivity index (χ3v) is 6.45. The lowest BCUT2D eigenvalue weighted by Gasteiger charge is -2.16. The first-order valence-corrected chi connectivity index (χ1v) is 11.5. The summed E-state index contributed by atoms with van der Waals surface area (Å²) in [5, 5.41) is 9.92. The molecule has 1 aliphatic carbocycles. The first kappa shape index (κ1) is 23.3. The zero-order valence-electron chi connectivity index (χ0n) is 19.7. The van der Waals surface area contributed by atoms with E-state index in [1.165, 1.54) is 29.0 Å². The van der Waals surface area contributed by atoms with Gasteiger partial charge in [-0.05, 0) is 61.1 Å². The Hall–Kier alpha value is -4.47. The Morgan fingerprint density at radius 1 is 1.11 bits per heavy atom. The van der Waals surface area contributed by atoms with Crippen LogP contribution in [0.4, 0.5) is 4.39 Å². The van der Waals surface area contributed by atoms with Crippen molar-refractivity contribution in [2.24, 2.45) is 0 Å². The lowest BCUT2D eigenvalue weighted by atomic mass is 9.96. The number of pyridine rings is 1. The second-order valence-electron chi connectivity index (χ2n) is 8.72. The normalized spacial score (nSPS) is 14.5. The lowest BCUT2D eigenvalue weighted by molar-refractivity contribution is 0.0927. The fraction of sp³-hybridized carbons (Fsp3) is 0.231. The maximum atomic E-state index is 13.3. The predicted octanol–water partition coefficient (Wildman–Crippen LogP) is 3.12. The molecule has 0 saturated heterocycles. The molecule has 0 unspecified atom stereocenters. The molecule has 1 aliphatic rings. The van der Waals surface area contributed by atoms with Crippen LogP contribution in [0.1, 0.15) is 73.0 Å². The topological polar surface area (TPSA) is 118 Å². The van der Waals surface area contributed by atoms with E-state index in [0.717, 1.165) is 23.1 Å². The zero-order chi connectivity index (χ0) is 25.4. The van der Waals surface area contributed by atoms with E-state index in [-0.39, 0.29) is 29.8 Å². The number of rotatable bonds is 6. The molecule has 3 aromatic heterocycles. The summed E-state index contributed by atoms with van der Waals surface area (Å²) < 4.78 is 14.7. The minimum Gasteiger partial charge on any atom is -0.347 e. The van der Waals surface area contributed by atoms with E-state index in [1.54, 1.807) is 25.1 Å². The average Bonchev–Trinajstić information content (AvgIpc) is 3.49. The molecule has 1 atom stereocenters. The van der Waals surface area contributed by atoms with Crippen LogP contribution in [-0.2, 0) is 13.0 Å².